The zero-order valence-corrected chi connectivity index (χ0v) is 14.0. The molecule has 0 aromatic heterocycles. The zero-order chi connectivity index (χ0) is 14.3. The lowest BCUT2D eigenvalue weighted by atomic mass is 9.99. The Labute approximate surface area is 126 Å². The van der Waals surface area contributed by atoms with E-state index in [4.69, 9.17) is 5.73 Å². The molecule has 108 valence electrons. The molecule has 0 amide bonds. The molecule has 1 unspecified atom stereocenters. The Balaban J connectivity index is 2.90. The molecule has 0 aliphatic carbocycles. The van der Waals surface area contributed by atoms with Gasteiger partial charge in [-0.3, -0.25) is 4.90 Å². The molecule has 0 spiro atoms. The number of hydrogen-bond donors (Lipinski definition) is 1. The van der Waals surface area contributed by atoms with E-state index in [2.05, 4.69) is 65.9 Å². The highest BCUT2D eigenvalue weighted by atomic mass is 79.9. The molecule has 0 aliphatic rings. The normalized spacial score (nSPS) is 13.2. The van der Waals surface area contributed by atoms with Crippen molar-refractivity contribution in [1.29, 1.82) is 0 Å². The first-order valence-electron chi connectivity index (χ1n) is 7.36. The van der Waals surface area contributed by atoms with Gasteiger partial charge >= 0.3 is 0 Å². The molecule has 1 aromatic rings. The lowest BCUT2D eigenvalue weighted by Gasteiger charge is -2.33. The number of nitrogens with two attached hydrogens (primary N) is 1. The van der Waals surface area contributed by atoms with Crippen LogP contribution < -0.4 is 5.73 Å². The van der Waals surface area contributed by atoms with Gasteiger partial charge in [-0.2, -0.15) is 0 Å². The zero-order valence-electron chi connectivity index (χ0n) is 12.4. The SMILES string of the molecule is CCC(CC)CN(CC)C(CN)c1ccccc1Br. The first kappa shape index (κ1) is 16.7. The van der Waals surface area contributed by atoms with Gasteiger partial charge in [0.15, 0.2) is 0 Å². The highest BCUT2D eigenvalue weighted by Crippen LogP contribution is 2.28. The molecule has 0 saturated carbocycles. The molecular weight excluding hydrogens is 300 g/mol. The van der Waals surface area contributed by atoms with Gasteiger partial charge in [-0.1, -0.05) is 67.7 Å². The summed E-state index contributed by atoms with van der Waals surface area (Å²) in [5.41, 5.74) is 7.35. The monoisotopic (exact) mass is 326 g/mol. The van der Waals surface area contributed by atoms with Crippen molar-refractivity contribution in [3.05, 3.63) is 34.3 Å². The van der Waals surface area contributed by atoms with Gasteiger partial charge in [-0.15, -0.1) is 0 Å². The van der Waals surface area contributed by atoms with Gasteiger partial charge in [0.1, 0.15) is 0 Å². The number of nitrogens with zero attached hydrogens (tertiary/aromatic N) is 1. The van der Waals surface area contributed by atoms with Crippen LogP contribution in [0, 0.1) is 5.92 Å². The van der Waals surface area contributed by atoms with E-state index in [9.17, 15) is 0 Å². The van der Waals surface area contributed by atoms with E-state index in [1.165, 1.54) is 18.4 Å². The summed E-state index contributed by atoms with van der Waals surface area (Å²) in [5, 5.41) is 0. The fraction of sp³-hybridized carbons (Fsp3) is 0.625. The molecule has 0 fully saturated rings. The third kappa shape index (κ3) is 4.59. The Morgan fingerprint density at radius 3 is 2.26 bits per heavy atom. The Hall–Kier alpha value is -0.380. The number of likely N-dealkylation sites (N-methyl/N-ethyl adjacent to an activating group) is 1. The van der Waals surface area contributed by atoms with Crippen molar-refractivity contribution < 1.29 is 0 Å². The molecule has 0 saturated heterocycles. The summed E-state index contributed by atoms with van der Waals surface area (Å²) in [4.78, 5) is 2.51. The van der Waals surface area contributed by atoms with Crippen LogP contribution in [0.3, 0.4) is 0 Å². The molecule has 0 bridgehead atoms. The molecule has 1 rings (SSSR count). The van der Waals surface area contributed by atoms with Crippen molar-refractivity contribution >= 4 is 15.9 Å². The molecule has 2 nitrogen and oxygen atoms in total. The molecule has 2 N–H and O–H groups in total. The number of hydrogen-bond acceptors (Lipinski definition) is 2. The van der Waals surface area contributed by atoms with Crippen LogP contribution in [0.15, 0.2) is 28.7 Å². The van der Waals surface area contributed by atoms with Crippen LogP contribution in [0.2, 0.25) is 0 Å². The van der Waals surface area contributed by atoms with E-state index >= 15 is 0 Å². The van der Waals surface area contributed by atoms with Crippen LogP contribution in [-0.2, 0) is 0 Å². The number of halogens is 1. The minimum absolute atomic E-state index is 0.307. The quantitative estimate of drug-likeness (QED) is 0.775. The van der Waals surface area contributed by atoms with E-state index in [1.54, 1.807) is 0 Å². The van der Waals surface area contributed by atoms with Gasteiger partial charge in [0, 0.05) is 23.6 Å². The average Bonchev–Trinajstić information content (AvgIpc) is 2.45. The predicted molar refractivity (Wildman–Crippen MR) is 87.3 cm³/mol. The highest BCUT2D eigenvalue weighted by molar-refractivity contribution is 9.10. The molecule has 0 radical (unpaired) electrons. The molecule has 1 atom stereocenters. The summed E-state index contributed by atoms with van der Waals surface area (Å²) in [6, 6.07) is 8.73. The maximum atomic E-state index is 6.05. The minimum Gasteiger partial charge on any atom is -0.329 e. The third-order valence-corrected chi connectivity index (χ3v) is 4.70. The van der Waals surface area contributed by atoms with Crippen molar-refractivity contribution in [3.8, 4) is 0 Å². The Kier molecular flexibility index (Phi) is 7.66. The highest BCUT2D eigenvalue weighted by Gasteiger charge is 2.21. The smallest absolute Gasteiger partial charge is 0.0481 e. The van der Waals surface area contributed by atoms with Crippen molar-refractivity contribution in [2.75, 3.05) is 19.6 Å². The van der Waals surface area contributed by atoms with Crippen LogP contribution in [0.25, 0.3) is 0 Å². The molecule has 0 heterocycles. The van der Waals surface area contributed by atoms with Crippen LogP contribution in [-0.4, -0.2) is 24.5 Å². The largest absolute Gasteiger partial charge is 0.329 e. The number of benzene rings is 1. The van der Waals surface area contributed by atoms with Crippen molar-refractivity contribution in [2.24, 2.45) is 11.7 Å². The lowest BCUT2D eigenvalue weighted by molar-refractivity contribution is 0.174. The average molecular weight is 327 g/mol. The van der Waals surface area contributed by atoms with E-state index in [0.29, 0.717) is 12.6 Å². The Morgan fingerprint density at radius 2 is 1.79 bits per heavy atom. The summed E-state index contributed by atoms with van der Waals surface area (Å²) in [6.45, 7) is 9.61. The standard InChI is InChI=1S/C16H27BrN2/c1-4-13(5-2)12-19(6-3)16(11-18)14-9-7-8-10-15(14)17/h7-10,13,16H,4-6,11-12,18H2,1-3H3. The Morgan fingerprint density at radius 1 is 1.16 bits per heavy atom. The number of rotatable bonds is 8. The van der Waals surface area contributed by atoms with Gasteiger partial charge in [0.25, 0.3) is 0 Å². The summed E-state index contributed by atoms with van der Waals surface area (Å²) < 4.78 is 1.16. The maximum absolute atomic E-state index is 6.05. The first-order chi connectivity index (χ1) is 9.17. The van der Waals surface area contributed by atoms with E-state index in [-0.39, 0.29) is 0 Å². The second-order valence-electron chi connectivity index (χ2n) is 5.04. The van der Waals surface area contributed by atoms with Crippen LogP contribution in [0.5, 0.6) is 0 Å². The van der Waals surface area contributed by atoms with Crippen molar-refractivity contribution in [1.82, 2.24) is 4.90 Å². The van der Waals surface area contributed by atoms with Gasteiger partial charge in [0.2, 0.25) is 0 Å². The van der Waals surface area contributed by atoms with Crippen molar-refractivity contribution in [2.45, 2.75) is 39.7 Å². The predicted octanol–water partition coefficient (Wildman–Crippen LogP) is 4.21. The summed E-state index contributed by atoms with van der Waals surface area (Å²) in [7, 11) is 0. The van der Waals surface area contributed by atoms with E-state index < -0.39 is 0 Å². The Bertz CT molecular complexity index is 364. The maximum Gasteiger partial charge on any atom is 0.0481 e. The van der Waals surface area contributed by atoms with Crippen LogP contribution >= 0.6 is 15.9 Å². The van der Waals surface area contributed by atoms with Gasteiger partial charge in [-0.25, -0.2) is 0 Å². The molecular formula is C16H27BrN2. The lowest BCUT2D eigenvalue weighted by Crippen LogP contribution is -2.37. The second-order valence-corrected chi connectivity index (χ2v) is 5.90. The van der Waals surface area contributed by atoms with Crippen molar-refractivity contribution in [3.63, 3.8) is 0 Å². The molecule has 0 aliphatic heterocycles. The molecule has 3 heteroatoms. The summed E-state index contributed by atoms with van der Waals surface area (Å²) >= 11 is 3.65. The van der Waals surface area contributed by atoms with Crippen LogP contribution in [0.4, 0.5) is 0 Å². The second kappa shape index (κ2) is 8.72. The molecule has 19 heavy (non-hydrogen) atoms. The van der Waals surface area contributed by atoms with E-state index in [0.717, 1.165) is 23.5 Å². The van der Waals surface area contributed by atoms with Gasteiger partial charge < -0.3 is 5.73 Å². The fourth-order valence-corrected chi connectivity index (χ4v) is 3.12. The summed E-state index contributed by atoms with van der Waals surface area (Å²) in [6.07, 6.45) is 2.47. The van der Waals surface area contributed by atoms with E-state index in [1.807, 2.05) is 0 Å². The summed E-state index contributed by atoms with van der Waals surface area (Å²) in [5.74, 6) is 0.761. The van der Waals surface area contributed by atoms with Crippen LogP contribution in [0.1, 0.15) is 45.2 Å². The fourth-order valence-electron chi connectivity index (χ4n) is 2.57. The first-order valence-corrected chi connectivity index (χ1v) is 8.15. The third-order valence-electron chi connectivity index (χ3n) is 3.98. The topological polar surface area (TPSA) is 29.3 Å². The molecule has 1 aromatic carbocycles. The minimum atomic E-state index is 0.307. The van der Waals surface area contributed by atoms with Gasteiger partial charge in [-0.05, 0) is 24.1 Å². The van der Waals surface area contributed by atoms with Gasteiger partial charge in [0.05, 0.1) is 0 Å².